The van der Waals surface area contributed by atoms with Gasteiger partial charge in [0.2, 0.25) is 0 Å². The van der Waals surface area contributed by atoms with Gasteiger partial charge in [-0.05, 0) is 55.7 Å². The van der Waals surface area contributed by atoms with E-state index in [0.717, 1.165) is 24.5 Å². The molecule has 0 amide bonds. The second-order valence-electron chi connectivity index (χ2n) is 5.90. The highest BCUT2D eigenvalue weighted by atomic mass is 16.6. The first kappa shape index (κ1) is 14.9. The van der Waals surface area contributed by atoms with Gasteiger partial charge >= 0.3 is 0 Å². The lowest BCUT2D eigenvalue weighted by Gasteiger charge is -2.10. The van der Waals surface area contributed by atoms with Crippen molar-refractivity contribution in [2.75, 3.05) is 13.2 Å². The van der Waals surface area contributed by atoms with Crippen molar-refractivity contribution in [1.29, 1.82) is 0 Å². The van der Waals surface area contributed by atoms with Gasteiger partial charge in [0.05, 0.1) is 12.7 Å². The normalized spacial score (nSPS) is 16.6. The van der Waals surface area contributed by atoms with Gasteiger partial charge in [0.25, 0.3) is 0 Å². The first-order valence-corrected chi connectivity index (χ1v) is 7.78. The van der Waals surface area contributed by atoms with Crippen LogP contribution in [0.3, 0.4) is 0 Å². The summed E-state index contributed by atoms with van der Waals surface area (Å²) in [5, 5.41) is 0. The Morgan fingerprint density at radius 1 is 0.955 bits per heavy atom. The summed E-state index contributed by atoms with van der Waals surface area (Å²) in [7, 11) is 0. The van der Waals surface area contributed by atoms with Crippen LogP contribution in [0.15, 0.2) is 48.5 Å². The molecule has 2 aromatic rings. The summed E-state index contributed by atoms with van der Waals surface area (Å²) in [5.41, 5.74) is 2.55. The van der Waals surface area contributed by atoms with Gasteiger partial charge in [-0.15, -0.1) is 0 Å². The third-order valence-corrected chi connectivity index (χ3v) is 3.46. The van der Waals surface area contributed by atoms with Crippen LogP contribution in [0.4, 0.5) is 0 Å². The van der Waals surface area contributed by atoms with Gasteiger partial charge in [-0.3, -0.25) is 0 Å². The lowest BCUT2D eigenvalue weighted by atomic mass is 10.0. The van der Waals surface area contributed by atoms with E-state index in [2.05, 4.69) is 24.3 Å². The molecule has 0 spiro atoms. The maximum Gasteiger partial charge on any atom is 0.119 e. The van der Waals surface area contributed by atoms with E-state index in [-0.39, 0.29) is 6.10 Å². The van der Waals surface area contributed by atoms with Crippen LogP contribution in [-0.4, -0.2) is 25.4 Å². The van der Waals surface area contributed by atoms with Crippen LogP contribution in [0.25, 0.3) is 0 Å². The summed E-state index contributed by atoms with van der Waals surface area (Å²) in [6.07, 6.45) is 1.42. The van der Waals surface area contributed by atoms with Crippen molar-refractivity contribution in [3.63, 3.8) is 0 Å². The zero-order chi connectivity index (χ0) is 15.4. The van der Waals surface area contributed by atoms with Crippen LogP contribution in [0.1, 0.15) is 25.0 Å². The topological polar surface area (TPSA) is 31.0 Å². The molecular weight excluding hydrogens is 276 g/mol. The van der Waals surface area contributed by atoms with E-state index in [1.165, 1.54) is 11.1 Å². The summed E-state index contributed by atoms with van der Waals surface area (Å²) in [6, 6.07) is 16.6. The summed E-state index contributed by atoms with van der Waals surface area (Å²) < 4.78 is 16.4. The Morgan fingerprint density at radius 2 is 1.50 bits per heavy atom. The average molecular weight is 298 g/mol. The Bertz CT molecular complexity index is 583. The van der Waals surface area contributed by atoms with Crippen molar-refractivity contribution in [3.05, 3.63) is 59.7 Å². The fourth-order valence-electron chi connectivity index (χ4n) is 2.25. The molecule has 0 N–H and O–H groups in total. The summed E-state index contributed by atoms with van der Waals surface area (Å²) >= 11 is 0. The molecule has 3 rings (SSSR count). The van der Waals surface area contributed by atoms with Crippen molar-refractivity contribution < 1.29 is 14.2 Å². The number of benzene rings is 2. The maximum absolute atomic E-state index is 5.66. The molecule has 0 bridgehead atoms. The van der Waals surface area contributed by atoms with Crippen LogP contribution >= 0.6 is 0 Å². The van der Waals surface area contributed by atoms with Gasteiger partial charge in [-0.1, -0.05) is 24.3 Å². The summed E-state index contributed by atoms with van der Waals surface area (Å²) in [5.74, 6) is 1.82. The fraction of sp³-hybridized carbons (Fsp3) is 0.368. The second kappa shape index (κ2) is 6.84. The number of epoxide rings is 1. The molecule has 116 valence electrons. The SMILES string of the molecule is CC(C)Oc1ccc(Cc2ccc(OCC3CO3)cc2)cc1. The monoisotopic (exact) mass is 298 g/mol. The molecule has 0 aromatic heterocycles. The van der Waals surface area contributed by atoms with E-state index in [1.54, 1.807) is 0 Å². The summed E-state index contributed by atoms with van der Waals surface area (Å²) in [4.78, 5) is 0. The summed E-state index contributed by atoms with van der Waals surface area (Å²) in [6.45, 7) is 5.55. The largest absolute Gasteiger partial charge is 0.491 e. The second-order valence-corrected chi connectivity index (χ2v) is 5.90. The quantitative estimate of drug-likeness (QED) is 0.728. The zero-order valence-electron chi connectivity index (χ0n) is 13.1. The molecular formula is C19H22O3. The van der Waals surface area contributed by atoms with Crippen molar-refractivity contribution in [2.45, 2.75) is 32.5 Å². The molecule has 0 saturated carbocycles. The van der Waals surface area contributed by atoms with Gasteiger partial charge in [0.15, 0.2) is 0 Å². The Kier molecular flexibility index (Phi) is 4.64. The Hall–Kier alpha value is -2.00. The molecule has 0 aliphatic carbocycles. The van der Waals surface area contributed by atoms with Gasteiger partial charge in [-0.2, -0.15) is 0 Å². The predicted molar refractivity (Wildman–Crippen MR) is 86.7 cm³/mol. The molecule has 1 unspecified atom stereocenters. The molecule has 1 aliphatic heterocycles. The van der Waals surface area contributed by atoms with Gasteiger partial charge in [0, 0.05) is 0 Å². The van der Waals surface area contributed by atoms with Crippen molar-refractivity contribution in [1.82, 2.24) is 0 Å². The van der Waals surface area contributed by atoms with E-state index >= 15 is 0 Å². The van der Waals surface area contributed by atoms with Crippen LogP contribution < -0.4 is 9.47 Å². The minimum Gasteiger partial charge on any atom is -0.491 e. The minimum atomic E-state index is 0.208. The van der Waals surface area contributed by atoms with Crippen molar-refractivity contribution in [2.24, 2.45) is 0 Å². The minimum absolute atomic E-state index is 0.208. The molecule has 1 aliphatic rings. The van der Waals surface area contributed by atoms with Crippen LogP contribution in [0.5, 0.6) is 11.5 Å². The molecule has 3 nitrogen and oxygen atoms in total. The van der Waals surface area contributed by atoms with Gasteiger partial charge in [0.1, 0.15) is 24.2 Å². The Morgan fingerprint density at radius 3 is 2.00 bits per heavy atom. The number of hydrogen-bond donors (Lipinski definition) is 0. The Labute approximate surface area is 131 Å². The van der Waals surface area contributed by atoms with Crippen LogP contribution in [-0.2, 0) is 11.2 Å². The average Bonchev–Trinajstić information content (AvgIpc) is 3.32. The van der Waals surface area contributed by atoms with Crippen molar-refractivity contribution in [3.8, 4) is 11.5 Å². The van der Waals surface area contributed by atoms with Crippen LogP contribution in [0.2, 0.25) is 0 Å². The highest BCUT2D eigenvalue weighted by Crippen LogP contribution is 2.19. The standard InChI is InChI=1S/C19H22O3/c1-14(2)22-18-9-5-16(6-10-18)11-15-3-7-17(8-4-15)20-12-19-13-21-19/h3-10,14,19H,11-13H2,1-2H3. The lowest BCUT2D eigenvalue weighted by Crippen LogP contribution is -2.05. The highest BCUT2D eigenvalue weighted by Gasteiger charge is 2.22. The smallest absolute Gasteiger partial charge is 0.119 e. The highest BCUT2D eigenvalue weighted by molar-refractivity contribution is 5.34. The zero-order valence-corrected chi connectivity index (χ0v) is 13.1. The molecule has 0 radical (unpaired) electrons. The third kappa shape index (κ3) is 4.50. The number of hydrogen-bond acceptors (Lipinski definition) is 3. The third-order valence-electron chi connectivity index (χ3n) is 3.46. The van der Waals surface area contributed by atoms with Crippen LogP contribution in [0, 0.1) is 0 Å². The molecule has 1 saturated heterocycles. The van der Waals surface area contributed by atoms with E-state index in [1.807, 2.05) is 38.1 Å². The predicted octanol–water partition coefficient (Wildman–Crippen LogP) is 3.84. The Balaban J connectivity index is 1.55. The first-order chi connectivity index (χ1) is 10.7. The van der Waals surface area contributed by atoms with Gasteiger partial charge < -0.3 is 14.2 Å². The van der Waals surface area contributed by atoms with Gasteiger partial charge in [-0.25, -0.2) is 0 Å². The number of ether oxygens (including phenoxy) is 3. The first-order valence-electron chi connectivity index (χ1n) is 7.78. The van der Waals surface area contributed by atoms with E-state index in [9.17, 15) is 0 Å². The lowest BCUT2D eigenvalue weighted by molar-refractivity contribution is 0.242. The fourth-order valence-corrected chi connectivity index (χ4v) is 2.25. The molecule has 1 fully saturated rings. The molecule has 3 heteroatoms. The van der Waals surface area contributed by atoms with E-state index in [4.69, 9.17) is 14.2 Å². The molecule has 2 aromatic carbocycles. The van der Waals surface area contributed by atoms with E-state index in [0.29, 0.717) is 12.7 Å². The molecule has 1 atom stereocenters. The molecule has 22 heavy (non-hydrogen) atoms. The maximum atomic E-state index is 5.66. The van der Waals surface area contributed by atoms with Crippen molar-refractivity contribution >= 4 is 0 Å². The molecule has 1 heterocycles. The number of rotatable bonds is 7. The van der Waals surface area contributed by atoms with E-state index < -0.39 is 0 Å².